The SMILES string of the molecule is CN(CCC(F)(F)F)CC1(CNC2CC2)CCCOC1. The summed E-state index contributed by atoms with van der Waals surface area (Å²) < 4.78 is 42.5. The molecule has 118 valence electrons. The highest BCUT2D eigenvalue weighted by atomic mass is 19.4. The number of hydrogen-bond acceptors (Lipinski definition) is 3. The van der Waals surface area contributed by atoms with Crippen LogP contribution in [-0.2, 0) is 4.74 Å². The monoisotopic (exact) mass is 294 g/mol. The molecule has 0 amide bonds. The second kappa shape index (κ2) is 6.62. The Labute approximate surface area is 118 Å². The van der Waals surface area contributed by atoms with Gasteiger partial charge in [-0.3, -0.25) is 0 Å². The summed E-state index contributed by atoms with van der Waals surface area (Å²) in [5.74, 6) is 0. The van der Waals surface area contributed by atoms with E-state index >= 15 is 0 Å². The number of hydrogen-bond donors (Lipinski definition) is 1. The maximum atomic E-state index is 12.3. The number of ether oxygens (including phenoxy) is 1. The van der Waals surface area contributed by atoms with Crippen molar-refractivity contribution in [2.75, 3.05) is 39.9 Å². The maximum absolute atomic E-state index is 12.3. The minimum absolute atomic E-state index is 0.0266. The van der Waals surface area contributed by atoms with Crippen molar-refractivity contribution in [3.8, 4) is 0 Å². The highest BCUT2D eigenvalue weighted by molar-refractivity contribution is 4.90. The predicted molar refractivity (Wildman–Crippen MR) is 71.7 cm³/mol. The van der Waals surface area contributed by atoms with E-state index in [-0.39, 0.29) is 12.0 Å². The Hall–Kier alpha value is -0.330. The number of rotatable bonds is 7. The first-order chi connectivity index (χ1) is 9.39. The van der Waals surface area contributed by atoms with Crippen LogP contribution in [0.2, 0.25) is 0 Å². The highest BCUT2D eigenvalue weighted by Crippen LogP contribution is 2.31. The van der Waals surface area contributed by atoms with E-state index in [9.17, 15) is 13.2 Å². The zero-order valence-electron chi connectivity index (χ0n) is 12.1. The van der Waals surface area contributed by atoms with Crippen LogP contribution in [0, 0.1) is 5.41 Å². The summed E-state index contributed by atoms with van der Waals surface area (Å²) in [6, 6.07) is 0.620. The molecule has 0 bridgehead atoms. The summed E-state index contributed by atoms with van der Waals surface area (Å²) in [4.78, 5) is 1.80. The zero-order chi connectivity index (χ0) is 14.6. The quantitative estimate of drug-likeness (QED) is 0.780. The van der Waals surface area contributed by atoms with Crippen molar-refractivity contribution in [2.45, 2.75) is 44.3 Å². The van der Waals surface area contributed by atoms with Crippen molar-refractivity contribution in [2.24, 2.45) is 5.41 Å². The van der Waals surface area contributed by atoms with Gasteiger partial charge in [-0.2, -0.15) is 13.2 Å². The van der Waals surface area contributed by atoms with Crippen LogP contribution >= 0.6 is 0 Å². The topological polar surface area (TPSA) is 24.5 Å². The third kappa shape index (κ3) is 5.58. The van der Waals surface area contributed by atoms with Crippen molar-refractivity contribution < 1.29 is 17.9 Å². The molecule has 0 aromatic carbocycles. The van der Waals surface area contributed by atoms with Gasteiger partial charge >= 0.3 is 6.18 Å². The molecule has 0 spiro atoms. The van der Waals surface area contributed by atoms with Crippen molar-refractivity contribution >= 4 is 0 Å². The van der Waals surface area contributed by atoms with Crippen LogP contribution in [0.15, 0.2) is 0 Å². The third-order valence-electron chi connectivity index (χ3n) is 4.13. The van der Waals surface area contributed by atoms with Crippen LogP contribution in [0.1, 0.15) is 32.1 Å². The van der Waals surface area contributed by atoms with E-state index in [4.69, 9.17) is 4.74 Å². The van der Waals surface area contributed by atoms with Gasteiger partial charge in [0.15, 0.2) is 0 Å². The largest absolute Gasteiger partial charge is 0.390 e. The first kappa shape index (κ1) is 16.0. The molecular formula is C14H25F3N2O. The molecular weight excluding hydrogens is 269 g/mol. The van der Waals surface area contributed by atoms with Crippen LogP contribution in [0.4, 0.5) is 13.2 Å². The molecule has 2 rings (SSSR count). The molecule has 0 radical (unpaired) electrons. The first-order valence-corrected chi connectivity index (χ1v) is 7.45. The van der Waals surface area contributed by atoms with Crippen molar-refractivity contribution in [3.05, 3.63) is 0 Å². The second-order valence-corrected chi connectivity index (χ2v) is 6.41. The highest BCUT2D eigenvalue weighted by Gasteiger charge is 2.36. The van der Waals surface area contributed by atoms with Crippen molar-refractivity contribution in [3.63, 3.8) is 0 Å². The number of nitrogens with one attached hydrogen (secondary N) is 1. The van der Waals surface area contributed by atoms with Gasteiger partial charge in [-0.1, -0.05) is 0 Å². The lowest BCUT2D eigenvalue weighted by Gasteiger charge is -2.40. The van der Waals surface area contributed by atoms with E-state index in [0.29, 0.717) is 19.2 Å². The lowest BCUT2D eigenvalue weighted by atomic mass is 9.81. The molecule has 0 aromatic heterocycles. The molecule has 1 aliphatic carbocycles. The molecule has 3 nitrogen and oxygen atoms in total. The summed E-state index contributed by atoms with van der Waals surface area (Å²) in [5, 5.41) is 3.52. The fourth-order valence-corrected chi connectivity index (χ4v) is 2.85. The normalized spacial score (nSPS) is 28.1. The Morgan fingerprint density at radius 1 is 1.35 bits per heavy atom. The summed E-state index contributed by atoms with van der Waals surface area (Å²) in [6.45, 7) is 3.02. The molecule has 1 heterocycles. The average Bonchev–Trinajstić information content (AvgIpc) is 3.19. The third-order valence-corrected chi connectivity index (χ3v) is 4.13. The van der Waals surface area contributed by atoms with Gasteiger partial charge in [-0.05, 0) is 32.7 Å². The van der Waals surface area contributed by atoms with Gasteiger partial charge in [0, 0.05) is 37.7 Å². The predicted octanol–water partition coefficient (Wildman–Crippen LogP) is 2.42. The van der Waals surface area contributed by atoms with E-state index in [1.807, 2.05) is 0 Å². The first-order valence-electron chi connectivity index (χ1n) is 7.45. The minimum Gasteiger partial charge on any atom is -0.381 e. The van der Waals surface area contributed by atoms with Gasteiger partial charge in [0.25, 0.3) is 0 Å². The summed E-state index contributed by atoms with van der Waals surface area (Å²) in [7, 11) is 1.78. The summed E-state index contributed by atoms with van der Waals surface area (Å²) in [5.41, 5.74) is -0.0266. The van der Waals surface area contributed by atoms with Crippen molar-refractivity contribution in [1.82, 2.24) is 10.2 Å². The van der Waals surface area contributed by atoms with Gasteiger partial charge in [-0.25, -0.2) is 0 Å². The van der Waals surface area contributed by atoms with Crippen LogP contribution < -0.4 is 5.32 Å². The van der Waals surface area contributed by atoms with Crippen LogP contribution in [0.3, 0.4) is 0 Å². The zero-order valence-corrected chi connectivity index (χ0v) is 12.1. The van der Waals surface area contributed by atoms with Gasteiger partial charge in [0.2, 0.25) is 0 Å². The van der Waals surface area contributed by atoms with E-state index in [0.717, 1.165) is 26.0 Å². The average molecular weight is 294 g/mol. The molecule has 1 N–H and O–H groups in total. The van der Waals surface area contributed by atoms with Gasteiger partial charge in [0.1, 0.15) is 0 Å². The minimum atomic E-state index is -4.07. The number of nitrogens with zero attached hydrogens (tertiary/aromatic N) is 1. The second-order valence-electron chi connectivity index (χ2n) is 6.41. The molecule has 1 saturated heterocycles. The maximum Gasteiger partial charge on any atom is 0.390 e. The number of halogens is 3. The Balaban J connectivity index is 1.82. The molecule has 6 heteroatoms. The lowest BCUT2D eigenvalue weighted by molar-refractivity contribution is -0.138. The molecule has 20 heavy (non-hydrogen) atoms. The molecule has 0 aromatic rings. The molecule has 1 atom stereocenters. The smallest absolute Gasteiger partial charge is 0.381 e. The van der Waals surface area contributed by atoms with Crippen LogP contribution in [0.5, 0.6) is 0 Å². The molecule has 1 saturated carbocycles. The van der Waals surface area contributed by atoms with Crippen molar-refractivity contribution in [1.29, 1.82) is 0 Å². The lowest BCUT2D eigenvalue weighted by Crippen LogP contribution is -2.49. The standard InChI is InChI=1S/C14H25F3N2O/c1-19(7-6-14(15,16)17)10-13(5-2-8-20-11-13)9-18-12-3-4-12/h12,18H,2-11H2,1H3. The molecule has 2 aliphatic rings. The molecule has 2 fully saturated rings. The number of alkyl halides is 3. The Morgan fingerprint density at radius 3 is 2.65 bits per heavy atom. The Kier molecular flexibility index (Phi) is 5.31. The molecule has 1 unspecified atom stereocenters. The summed E-state index contributed by atoms with van der Waals surface area (Å²) >= 11 is 0. The Bertz CT molecular complexity index is 299. The van der Waals surface area contributed by atoms with Gasteiger partial charge in [0.05, 0.1) is 13.0 Å². The van der Waals surface area contributed by atoms with Crippen LogP contribution in [0.25, 0.3) is 0 Å². The van der Waals surface area contributed by atoms with E-state index in [1.54, 1.807) is 11.9 Å². The Morgan fingerprint density at radius 2 is 2.10 bits per heavy atom. The van der Waals surface area contributed by atoms with Gasteiger partial charge in [-0.15, -0.1) is 0 Å². The van der Waals surface area contributed by atoms with Crippen LogP contribution in [-0.4, -0.2) is 57.0 Å². The fraction of sp³-hybridized carbons (Fsp3) is 1.00. The van der Waals surface area contributed by atoms with Gasteiger partial charge < -0.3 is 15.0 Å². The summed E-state index contributed by atoms with van der Waals surface area (Å²) in [6.07, 6.45) is -0.336. The fourth-order valence-electron chi connectivity index (χ4n) is 2.85. The molecule has 1 aliphatic heterocycles. The van der Waals surface area contributed by atoms with E-state index < -0.39 is 12.6 Å². The van der Waals surface area contributed by atoms with E-state index in [2.05, 4.69) is 5.32 Å². The van der Waals surface area contributed by atoms with E-state index in [1.165, 1.54) is 12.8 Å².